The number of unbranched alkanes of at least 4 members (excludes halogenated alkanes) is 53. The average molecular weight is 1100 g/mol. The van der Waals surface area contributed by atoms with E-state index < -0.39 is 26.5 Å². The van der Waals surface area contributed by atoms with Gasteiger partial charge in [-0.2, -0.15) is 0 Å². The molecule has 10 heteroatoms. The number of nitrogens with two attached hydrogens (primary N) is 1. The third kappa shape index (κ3) is 62.2. The Balaban J connectivity index is 3.79. The van der Waals surface area contributed by atoms with Gasteiger partial charge in [0.2, 0.25) is 0 Å². The summed E-state index contributed by atoms with van der Waals surface area (Å²) >= 11 is 0. The van der Waals surface area contributed by atoms with Gasteiger partial charge >= 0.3 is 19.8 Å². The second kappa shape index (κ2) is 63.2. The number of phosphoric acid groups is 1. The van der Waals surface area contributed by atoms with E-state index in [0.717, 1.165) is 32.1 Å². The van der Waals surface area contributed by atoms with E-state index in [4.69, 9.17) is 24.3 Å². The van der Waals surface area contributed by atoms with Crippen LogP contribution < -0.4 is 5.73 Å². The first-order valence-corrected chi connectivity index (χ1v) is 35.5. The van der Waals surface area contributed by atoms with Gasteiger partial charge in [0.1, 0.15) is 6.61 Å². The van der Waals surface area contributed by atoms with Crippen molar-refractivity contribution in [1.29, 1.82) is 0 Å². The highest BCUT2D eigenvalue weighted by Crippen LogP contribution is 2.43. The fraction of sp³-hybridized carbons (Fsp3) is 0.970. The van der Waals surface area contributed by atoms with Crippen molar-refractivity contribution >= 4 is 19.8 Å². The Kier molecular flexibility index (Phi) is 62.4. The molecule has 2 atom stereocenters. The molecule has 0 aromatic carbocycles. The van der Waals surface area contributed by atoms with Crippen LogP contribution in [0, 0.1) is 0 Å². The van der Waals surface area contributed by atoms with Crippen LogP contribution in [-0.4, -0.2) is 49.3 Å². The summed E-state index contributed by atoms with van der Waals surface area (Å²) in [5.41, 5.74) is 5.40. The fourth-order valence-electron chi connectivity index (χ4n) is 10.7. The van der Waals surface area contributed by atoms with Crippen LogP contribution in [0.5, 0.6) is 0 Å². The van der Waals surface area contributed by atoms with Crippen LogP contribution in [0.3, 0.4) is 0 Å². The van der Waals surface area contributed by atoms with E-state index in [9.17, 15) is 19.0 Å². The first-order chi connectivity index (χ1) is 37.3. The third-order valence-corrected chi connectivity index (χ3v) is 16.7. The van der Waals surface area contributed by atoms with E-state index in [2.05, 4.69) is 13.8 Å². The summed E-state index contributed by atoms with van der Waals surface area (Å²) < 4.78 is 33.2. The van der Waals surface area contributed by atoms with Crippen LogP contribution in [0.1, 0.15) is 380 Å². The Hall–Kier alpha value is -0.990. The monoisotopic (exact) mass is 1100 g/mol. The molecule has 0 spiro atoms. The van der Waals surface area contributed by atoms with Crippen molar-refractivity contribution in [2.75, 3.05) is 26.4 Å². The standard InChI is InChI=1S/C66H132NO8P/c1-3-5-7-9-11-13-15-17-19-21-23-25-27-28-29-30-31-32-33-34-35-36-37-39-41-43-45-47-49-51-53-55-57-59-66(69)75-64(63-74-76(70,71)73-61-60-67)62-72-65(68)58-56-54-52-50-48-46-44-42-40-38-26-24-22-20-18-16-14-12-10-8-6-4-2/h64H,3-63,67H2,1-2H3,(H,70,71). The molecule has 0 saturated carbocycles. The van der Waals surface area contributed by atoms with Gasteiger partial charge < -0.3 is 20.1 Å². The Morgan fingerprint density at radius 2 is 0.566 bits per heavy atom. The summed E-state index contributed by atoms with van der Waals surface area (Å²) in [6.45, 7) is 3.84. The molecule has 0 aromatic heterocycles. The van der Waals surface area contributed by atoms with E-state index >= 15 is 0 Å². The molecule has 0 radical (unpaired) electrons. The zero-order valence-electron chi connectivity index (χ0n) is 51.0. The molecule has 454 valence electrons. The van der Waals surface area contributed by atoms with E-state index in [-0.39, 0.29) is 32.1 Å². The van der Waals surface area contributed by atoms with Gasteiger partial charge in [-0.15, -0.1) is 0 Å². The van der Waals surface area contributed by atoms with Crippen LogP contribution in [0.4, 0.5) is 0 Å². The lowest BCUT2D eigenvalue weighted by atomic mass is 10.0. The highest BCUT2D eigenvalue weighted by molar-refractivity contribution is 7.47. The van der Waals surface area contributed by atoms with Crippen molar-refractivity contribution in [1.82, 2.24) is 0 Å². The number of ether oxygens (including phenoxy) is 2. The lowest BCUT2D eigenvalue weighted by Crippen LogP contribution is -2.29. The molecule has 0 saturated heterocycles. The lowest BCUT2D eigenvalue weighted by Gasteiger charge is -2.19. The van der Waals surface area contributed by atoms with Crippen molar-refractivity contribution in [2.45, 2.75) is 386 Å². The van der Waals surface area contributed by atoms with Crippen molar-refractivity contribution < 1.29 is 37.6 Å². The molecule has 0 fully saturated rings. The zero-order chi connectivity index (χ0) is 55.2. The van der Waals surface area contributed by atoms with Gasteiger partial charge in [-0.1, -0.05) is 354 Å². The zero-order valence-corrected chi connectivity index (χ0v) is 51.9. The molecule has 76 heavy (non-hydrogen) atoms. The molecule has 0 aliphatic carbocycles. The van der Waals surface area contributed by atoms with Gasteiger partial charge in [0.15, 0.2) is 6.10 Å². The molecule has 0 aliphatic rings. The van der Waals surface area contributed by atoms with E-state index in [0.29, 0.717) is 12.8 Å². The number of phosphoric ester groups is 1. The third-order valence-electron chi connectivity index (χ3n) is 15.7. The molecule has 3 N–H and O–H groups in total. The molecular formula is C66H132NO8P. The highest BCUT2D eigenvalue weighted by Gasteiger charge is 2.26. The molecule has 0 aliphatic heterocycles. The Morgan fingerprint density at radius 1 is 0.342 bits per heavy atom. The fourth-order valence-corrected chi connectivity index (χ4v) is 11.5. The first kappa shape index (κ1) is 75.0. The molecule has 0 aromatic rings. The van der Waals surface area contributed by atoms with Gasteiger partial charge in [0, 0.05) is 19.4 Å². The van der Waals surface area contributed by atoms with Crippen molar-refractivity contribution in [3.63, 3.8) is 0 Å². The second-order valence-electron chi connectivity index (χ2n) is 23.4. The van der Waals surface area contributed by atoms with Crippen LogP contribution >= 0.6 is 7.82 Å². The van der Waals surface area contributed by atoms with Crippen molar-refractivity contribution in [3.05, 3.63) is 0 Å². The Morgan fingerprint density at radius 3 is 0.803 bits per heavy atom. The Bertz CT molecular complexity index is 1210. The molecule has 0 amide bonds. The summed E-state index contributed by atoms with van der Waals surface area (Å²) in [6.07, 6.45) is 73.5. The first-order valence-electron chi connectivity index (χ1n) is 34.0. The highest BCUT2D eigenvalue weighted by atomic mass is 31.2. The summed E-state index contributed by atoms with van der Waals surface area (Å²) in [6, 6.07) is 0. The molecule has 0 heterocycles. The van der Waals surface area contributed by atoms with Crippen LogP contribution in [0.15, 0.2) is 0 Å². The lowest BCUT2D eigenvalue weighted by molar-refractivity contribution is -0.161. The van der Waals surface area contributed by atoms with E-state index in [1.807, 2.05) is 0 Å². The summed E-state index contributed by atoms with van der Waals surface area (Å²) in [5.74, 6) is -0.798. The SMILES string of the molecule is CCCCCCCCCCCCCCCCCCCCCCCCCCCCCCCCCCCC(=O)OC(COC(=O)CCCCCCCCCCCCCCCCCCCCCCCC)COP(=O)(O)OCCN. The summed E-state index contributed by atoms with van der Waals surface area (Å²) in [7, 11) is -4.38. The summed E-state index contributed by atoms with van der Waals surface area (Å²) in [5, 5.41) is 0. The van der Waals surface area contributed by atoms with Crippen LogP contribution in [0.25, 0.3) is 0 Å². The summed E-state index contributed by atoms with van der Waals surface area (Å²) in [4.78, 5) is 35.3. The number of carbonyl (C=O) groups excluding carboxylic acids is 2. The average Bonchev–Trinajstić information content (AvgIpc) is 3.41. The molecule has 0 bridgehead atoms. The number of esters is 2. The van der Waals surface area contributed by atoms with Crippen LogP contribution in [-0.2, 0) is 32.7 Å². The maximum atomic E-state index is 12.7. The minimum Gasteiger partial charge on any atom is -0.462 e. The molecule has 2 unspecified atom stereocenters. The molecule has 9 nitrogen and oxygen atoms in total. The predicted molar refractivity (Wildman–Crippen MR) is 326 cm³/mol. The smallest absolute Gasteiger partial charge is 0.462 e. The molecule has 0 rings (SSSR count). The number of carbonyl (C=O) groups is 2. The minimum atomic E-state index is -4.38. The quantitative estimate of drug-likeness (QED) is 0.0347. The second-order valence-corrected chi connectivity index (χ2v) is 24.9. The van der Waals surface area contributed by atoms with Crippen molar-refractivity contribution in [2.24, 2.45) is 5.73 Å². The Labute approximate surface area is 473 Å². The van der Waals surface area contributed by atoms with Gasteiger partial charge in [0.25, 0.3) is 0 Å². The topological polar surface area (TPSA) is 134 Å². The van der Waals surface area contributed by atoms with Crippen molar-refractivity contribution in [3.8, 4) is 0 Å². The van der Waals surface area contributed by atoms with E-state index in [1.165, 1.54) is 315 Å². The maximum absolute atomic E-state index is 12.7. The van der Waals surface area contributed by atoms with Gasteiger partial charge in [-0.05, 0) is 12.8 Å². The number of rotatable bonds is 66. The van der Waals surface area contributed by atoms with Crippen LogP contribution in [0.2, 0.25) is 0 Å². The predicted octanol–water partition coefficient (Wildman–Crippen LogP) is 21.8. The van der Waals surface area contributed by atoms with Gasteiger partial charge in [0.05, 0.1) is 13.2 Å². The normalized spacial score (nSPS) is 12.8. The minimum absolute atomic E-state index is 0.0588. The molecular weight excluding hydrogens is 966 g/mol. The maximum Gasteiger partial charge on any atom is 0.472 e. The van der Waals surface area contributed by atoms with Gasteiger partial charge in [-0.3, -0.25) is 18.6 Å². The number of hydrogen-bond acceptors (Lipinski definition) is 8. The van der Waals surface area contributed by atoms with Gasteiger partial charge in [-0.25, -0.2) is 4.57 Å². The largest absolute Gasteiger partial charge is 0.472 e. The number of hydrogen-bond donors (Lipinski definition) is 2. The van der Waals surface area contributed by atoms with E-state index in [1.54, 1.807) is 0 Å².